The summed E-state index contributed by atoms with van der Waals surface area (Å²) < 4.78 is 7.76. The summed E-state index contributed by atoms with van der Waals surface area (Å²) >= 11 is 0. The molecule has 0 aliphatic carbocycles. The van der Waals surface area contributed by atoms with Crippen LogP contribution < -0.4 is 10.1 Å². The number of aryl methyl sites for hydroxylation is 1. The van der Waals surface area contributed by atoms with Gasteiger partial charge in [0, 0.05) is 21.1 Å². The van der Waals surface area contributed by atoms with Gasteiger partial charge in [0.05, 0.1) is 13.1 Å². The molecule has 0 fully saturated rings. The van der Waals surface area contributed by atoms with Crippen molar-refractivity contribution in [3.8, 4) is 5.75 Å². The maximum Gasteiger partial charge on any atom is 0.193 e. The molecule has 7 nitrogen and oxygen atoms in total. The topological polar surface area (TPSA) is 67.6 Å². The molecule has 0 unspecified atom stereocenters. The number of guanidine groups is 1. The molecule has 7 heteroatoms. The van der Waals surface area contributed by atoms with Crippen LogP contribution in [0.3, 0.4) is 0 Å². The number of hydrogen-bond donors (Lipinski definition) is 1. The van der Waals surface area contributed by atoms with Gasteiger partial charge in [0.1, 0.15) is 24.5 Å². The molecule has 0 aliphatic heterocycles. The lowest BCUT2D eigenvalue weighted by molar-refractivity contribution is 0.310. The van der Waals surface area contributed by atoms with E-state index in [2.05, 4.69) is 53.3 Å². The van der Waals surface area contributed by atoms with E-state index in [9.17, 15) is 0 Å². The van der Waals surface area contributed by atoms with Gasteiger partial charge in [0.25, 0.3) is 0 Å². The molecule has 1 aromatic carbocycles. The van der Waals surface area contributed by atoms with Crippen LogP contribution in [0.2, 0.25) is 0 Å². The Kier molecular flexibility index (Phi) is 6.60. The standard InChI is InChI=1S/C19H30N6O/c1-19(2,3)15-9-7-8-10-16(15)26-12-11-21-18(20-4)24(5)13-17-22-14-23-25(17)6/h7-10,14H,11-13H2,1-6H3,(H,20,21). The predicted octanol–water partition coefficient (Wildman–Crippen LogP) is 2.20. The molecular weight excluding hydrogens is 328 g/mol. The molecule has 0 saturated heterocycles. The zero-order chi connectivity index (χ0) is 19.2. The first-order chi connectivity index (χ1) is 12.3. The lowest BCUT2D eigenvalue weighted by Crippen LogP contribution is -2.40. The Labute approximate surface area is 156 Å². The Morgan fingerprint density at radius 3 is 2.65 bits per heavy atom. The summed E-state index contributed by atoms with van der Waals surface area (Å²) in [5.41, 5.74) is 1.26. The van der Waals surface area contributed by atoms with E-state index in [1.165, 1.54) is 5.56 Å². The van der Waals surface area contributed by atoms with Crippen LogP contribution in [0.1, 0.15) is 32.2 Å². The summed E-state index contributed by atoms with van der Waals surface area (Å²) in [6.07, 6.45) is 1.56. The molecule has 26 heavy (non-hydrogen) atoms. The van der Waals surface area contributed by atoms with E-state index >= 15 is 0 Å². The van der Waals surface area contributed by atoms with Crippen molar-refractivity contribution >= 4 is 5.96 Å². The van der Waals surface area contributed by atoms with Crippen LogP contribution in [0.5, 0.6) is 5.75 Å². The van der Waals surface area contributed by atoms with Gasteiger partial charge in [0.15, 0.2) is 5.96 Å². The minimum Gasteiger partial charge on any atom is -0.491 e. The van der Waals surface area contributed by atoms with Crippen LogP contribution in [-0.4, -0.2) is 52.9 Å². The minimum absolute atomic E-state index is 0.0520. The fraction of sp³-hybridized carbons (Fsp3) is 0.526. The Morgan fingerprint density at radius 1 is 1.31 bits per heavy atom. The molecule has 0 bridgehead atoms. The maximum atomic E-state index is 6.00. The molecule has 2 rings (SSSR count). The van der Waals surface area contributed by atoms with E-state index in [0.717, 1.165) is 17.5 Å². The minimum atomic E-state index is 0.0520. The highest BCUT2D eigenvalue weighted by Crippen LogP contribution is 2.30. The molecular formula is C19H30N6O. The fourth-order valence-electron chi connectivity index (χ4n) is 2.67. The number of aromatic nitrogens is 3. The second-order valence-electron chi connectivity index (χ2n) is 7.22. The van der Waals surface area contributed by atoms with Crippen molar-refractivity contribution in [2.75, 3.05) is 27.2 Å². The zero-order valence-corrected chi connectivity index (χ0v) is 16.7. The van der Waals surface area contributed by atoms with Crippen LogP contribution in [0.15, 0.2) is 35.6 Å². The number of benzene rings is 1. The molecule has 0 radical (unpaired) electrons. The summed E-state index contributed by atoms with van der Waals surface area (Å²) in [6.45, 7) is 8.42. The second kappa shape index (κ2) is 8.69. The van der Waals surface area contributed by atoms with Crippen molar-refractivity contribution in [1.29, 1.82) is 0 Å². The van der Waals surface area contributed by atoms with E-state index < -0.39 is 0 Å². The number of para-hydroxylation sites is 1. The maximum absolute atomic E-state index is 6.00. The van der Waals surface area contributed by atoms with Crippen molar-refractivity contribution in [3.05, 3.63) is 42.0 Å². The predicted molar refractivity (Wildman–Crippen MR) is 104 cm³/mol. The van der Waals surface area contributed by atoms with Gasteiger partial charge in [-0.25, -0.2) is 4.98 Å². The number of nitrogens with one attached hydrogen (secondary N) is 1. The van der Waals surface area contributed by atoms with Crippen molar-refractivity contribution in [1.82, 2.24) is 25.0 Å². The van der Waals surface area contributed by atoms with Gasteiger partial charge >= 0.3 is 0 Å². The molecule has 1 heterocycles. The molecule has 0 saturated carbocycles. The van der Waals surface area contributed by atoms with Crippen molar-refractivity contribution in [2.45, 2.75) is 32.7 Å². The van der Waals surface area contributed by atoms with E-state index in [4.69, 9.17) is 4.74 Å². The lowest BCUT2D eigenvalue weighted by Gasteiger charge is -2.24. The number of ether oxygens (including phenoxy) is 1. The van der Waals surface area contributed by atoms with E-state index in [1.54, 1.807) is 18.1 Å². The summed E-state index contributed by atoms with van der Waals surface area (Å²) in [4.78, 5) is 10.6. The largest absolute Gasteiger partial charge is 0.491 e. The first-order valence-corrected chi connectivity index (χ1v) is 8.80. The van der Waals surface area contributed by atoms with Gasteiger partial charge in [-0.2, -0.15) is 5.10 Å². The van der Waals surface area contributed by atoms with Crippen molar-refractivity contribution < 1.29 is 4.74 Å². The summed E-state index contributed by atoms with van der Waals surface area (Å²) in [5, 5.41) is 7.41. The average Bonchev–Trinajstić information content (AvgIpc) is 2.99. The van der Waals surface area contributed by atoms with E-state index in [-0.39, 0.29) is 5.41 Å². The van der Waals surface area contributed by atoms with Crippen LogP contribution in [-0.2, 0) is 19.0 Å². The van der Waals surface area contributed by atoms with Crippen molar-refractivity contribution in [3.63, 3.8) is 0 Å². The summed E-state index contributed by atoms with van der Waals surface area (Å²) in [6, 6.07) is 8.20. The number of rotatable bonds is 6. The molecule has 2 aromatic rings. The molecule has 0 spiro atoms. The van der Waals surface area contributed by atoms with E-state index in [0.29, 0.717) is 19.7 Å². The SMILES string of the molecule is CN=C(NCCOc1ccccc1C(C)(C)C)N(C)Cc1ncnn1C. The molecule has 1 aromatic heterocycles. The Hall–Kier alpha value is -2.57. The Balaban J connectivity index is 1.86. The highest BCUT2D eigenvalue weighted by Gasteiger charge is 2.18. The second-order valence-corrected chi connectivity index (χ2v) is 7.22. The van der Waals surface area contributed by atoms with Crippen LogP contribution >= 0.6 is 0 Å². The first-order valence-electron chi connectivity index (χ1n) is 8.80. The molecule has 1 N–H and O–H groups in total. The average molecular weight is 358 g/mol. The van der Waals surface area contributed by atoms with Gasteiger partial charge < -0.3 is 15.0 Å². The molecule has 0 aliphatic rings. The summed E-state index contributed by atoms with van der Waals surface area (Å²) in [5.74, 6) is 2.61. The summed E-state index contributed by atoms with van der Waals surface area (Å²) in [7, 11) is 5.62. The van der Waals surface area contributed by atoms with E-state index in [1.807, 2.05) is 31.1 Å². The van der Waals surface area contributed by atoms with Gasteiger partial charge in [0.2, 0.25) is 0 Å². The Bertz CT molecular complexity index is 732. The number of hydrogen-bond acceptors (Lipinski definition) is 4. The van der Waals surface area contributed by atoms with Gasteiger partial charge in [-0.1, -0.05) is 39.0 Å². The monoisotopic (exact) mass is 358 g/mol. The normalized spacial score (nSPS) is 12.2. The van der Waals surface area contributed by atoms with Crippen LogP contribution in [0.4, 0.5) is 0 Å². The zero-order valence-electron chi connectivity index (χ0n) is 16.7. The quantitative estimate of drug-likeness (QED) is 0.487. The van der Waals surface area contributed by atoms with Crippen LogP contribution in [0, 0.1) is 0 Å². The molecule has 0 atom stereocenters. The van der Waals surface area contributed by atoms with Gasteiger partial charge in [-0.15, -0.1) is 0 Å². The third-order valence-electron chi connectivity index (χ3n) is 4.09. The first kappa shape index (κ1) is 19.8. The highest BCUT2D eigenvalue weighted by molar-refractivity contribution is 5.79. The van der Waals surface area contributed by atoms with Gasteiger partial charge in [-0.3, -0.25) is 9.67 Å². The third kappa shape index (κ3) is 5.21. The molecule has 142 valence electrons. The highest BCUT2D eigenvalue weighted by atomic mass is 16.5. The fourth-order valence-corrected chi connectivity index (χ4v) is 2.67. The van der Waals surface area contributed by atoms with Gasteiger partial charge in [-0.05, 0) is 17.0 Å². The number of nitrogens with zero attached hydrogens (tertiary/aromatic N) is 5. The molecule has 0 amide bonds. The third-order valence-corrected chi connectivity index (χ3v) is 4.09. The number of aliphatic imine (C=N–C) groups is 1. The van der Waals surface area contributed by atoms with Crippen LogP contribution in [0.25, 0.3) is 0 Å². The lowest BCUT2D eigenvalue weighted by atomic mass is 9.86. The Morgan fingerprint density at radius 2 is 2.04 bits per heavy atom. The van der Waals surface area contributed by atoms with Crippen molar-refractivity contribution in [2.24, 2.45) is 12.0 Å². The smallest absolute Gasteiger partial charge is 0.193 e.